The van der Waals surface area contributed by atoms with E-state index in [4.69, 9.17) is 0 Å². The highest BCUT2D eigenvalue weighted by Crippen LogP contribution is 2.28. The molecule has 1 aliphatic carbocycles. The quantitative estimate of drug-likeness (QED) is 0.748. The molecule has 1 saturated carbocycles. The molecule has 0 saturated heterocycles. The zero-order valence-corrected chi connectivity index (χ0v) is 10.8. The average Bonchev–Trinajstić information content (AvgIpc) is 2.41. The fourth-order valence-electron chi connectivity index (χ4n) is 2.67. The summed E-state index contributed by atoms with van der Waals surface area (Å²) < 4.78 is 0. The highest BCUT2D eigenvalue weighted by molar-refractivity contribution is 5.19. The van der Waals surface area contributed by atoms with Gasteiger partial charge in [-0.1, -0.05) is 49.6 Å². The van der Waals surface area contributed by atoms with Gasteiger partial charge in [0.2, 0.25) is 0 Å². The maximum Gasteiger partial charge on any atom is 0.0771 e. The fourth-order valence-corrected chi connectivity index (χ4v) is 2.67. The van der Waals surface area contributed by atoms with Crippen molar-refractivity contribution >= 4 is 0 Å². The molecule has 0 spiro atoms. The molecule has 1 aromatic carbocycles. The van der Waals surface area contributed by atoms with Gasteiger partial charge in [0.15, 0.2) is 0 Å². The van der Waals surface area contributed by atoms with Crippen molar-refractivity contribution in [3.63, 3.8) is 0 Å². The van der Waals surface area contributed by atoms with Gasteiger partial charge in [0, 0.05) is 6.54 Å². The van der Waals surface area contributed by atoms with Gasteiger partial charge in [0.25, 0.3) is 0 Å². The third kappa shape index (κ3) is 3.55. The Morgan fingerprint density at radius 2 is 1.78 bits per heavy atom. The fraction of sp³-hybridized carbons (Fsp3) is 0.600. The van der Waals surface area contributed by atoms with Gasteiger partial charge < -0.3 is 15.5 Å². The Morgan fingerprint density at radius 3 is 2.39 bits per heavy atom. The Kier molecular flexibility index (Phi) is 4.75. The number of hydrogen-bond acceptors (Lipinski definition) is 3. The summed E-state index contributed by atoms with van der Waals surface area (Å²) in [6.45, 7) is 0.618. The molecule has 0 radical (unpaired) electrons. The van der Waals surface area contributed by atoms with Crippen LogP contribution in [0.1, 0.15) is 43.7 Å². The summed E-state index contributed by atoms with van der Waals surface area (Å²) >= 11 is 0. The second-order valence-electron chi connectivity index (χ2n) is 5.31. The predicted octanol–water partition coefficient (Wildman–Crippen LogP) is 2.00. The summed E-state index contributed by atoms with van der Waals surface area (Å²) in [6.07, 6.45) is 5.17. The zero-order valence-electron chi connectivity index (χ0n) is 10.8. The first-order chi connectivity index (χ1) is 8.73. The Morgan fingerprint density at radius 1 is 1.11 bits per heavy atom. The summed E-state index contributed by atoms with van der Waals surface area (Å²) in [4.78, 5) is 0. The normalized spacial score (nSPS) is 20.6. The van der Waals surface area contributed by atoms with E-state index < -0.39 is 5.60 Å². The lowest BCUT2D eigenvalue weighted by Crippen LogP contribution is -2.44. The van der Waals surface area contributed by atoms with E-state index >= 15 is 0 Å². The molecule has 3 heteroatoms. The number of nitrogens with one attached hydrogen (secondary N) is 1. The van der Waals surface area contributed by atoms with E-state index in [2.05, 4.69) is 5.32 Å². The minimum Gasteiger partial charge on any atom is -0.394 e. The standard InChI is InChI=1S/C15H23NO2/c17-11-14(13-7-3-1-4-8-13)16-12-15(18)9-5-2-6-10-15/h1,3-4,7-8,14,16-18H,2,5-6,9-12H2/t14-/m0/s1. The van der Waals surface area contributed by atoms with Crippen LogP contribution in [-0.2, 0) is 0 Å². The molecule has 0 bridgehead atoms. The summed E-state index contributed by atoms with van der Waals surface area (Å²) in [5.74, 6) is 0. The smallest absolute Gasteiger partial charge is 0.0771 e. The molecule has 0 unspecified atom stereocenters. The molecule has 0 heterocycles. The van der Waals surface area contributed by atoms with Crippen LogP contribution in [0.4, 0.5) is 0 Å². The zero-order chi connectivity index (χ0) is 12.8. The topological polar surface area (TPSA) is 52.5 Å². The second-order valence-corrected chi connectivity index (χ2v) is 5.31. The lowest BCUT2D eigenvalue weighted by Gasteiger charge is -2.33. The summed E-state index contributed by atoms with van der Waals surface area (Å²) in [7, 11) is 0. The Hall–Kier alpha value is -0.900. The van der Waals surface area contributed by atoms with Crippen molar-refractivity contribution in [1.82, 2.24) is 5.32 Å². The molecule has 100 valence electrons. The van der Waals surface area contributed by atoms with Crippen molar-refractivity contribution in [3.05, 3.63) is 35.9 Å². The molecule has 1 aromatic rings. The number of rotatable bonds is 5. The van der Waals surface area contributed by atoms with E-state index in [0.717, 1.165) is 31.2 Å². The van der Waals surface area contributed by atoms with Gasteiger partial charge in [-0.3, -0.25) is 0 Å². The Bertz CT molecular complexity index is 347. The van der Waals surface area contributed by atoms with E-state index in [-0.39, 0.29) is 12.6 Å². The van der Waals surface area contributed by atoms with Crippen LogP contribution >= 0.6 is 0 Å². The molecule has 0 aliphatic heterocycles. The first-order valence-corrected chi connectivity index (χ1v) is 6.85. The molecule has 3 nitrogen and oxygen atoms in total. The molecule has 1 fully saturated rings. The average molecular weight is 249 g/mol. The highest BCUT2D eigenvalue weighted by Gasteiger charge is 2.29. The first-order valence-electron chi connectivity index (χ1n) is 6.85. The van der Waals surface area contributed by atoms with Crippen LogP contribution in [0, 0.1) is 0 Å². The van der Waals surface area contributed by atoms with Crippen molar-refractivity contribution < 1.29 is 10.2 Å². The first kappa shape index (κ1) is 13.5. The maximum absolute atomic E-state index is 10.4. The molecule has 1 atom stereocenters. The predicted molar refractivity (Wildman–Crippen MR) is 72.3 cm³/mol. The van der Waals surface area contributed by atoms with Crippen molar-refractivity contribution in [2.75, 3.05) is 13.2 Å². The van der Waals surface area contributed by atoms with E-state index in [9.17, 15) is 10.2 Å². The van der Waals surface area contributed by atoms with E-state index in [1.165, 1.54) is 6.42 Å². The Labute approximate surface area is 109 Å². The third-order valence-electron chi connectivity index (χ3n) is 3.85. The van der Waals surface area contributed by atoms with Gasteiger partial charge in [-0.05, 0) is 18.4 Å². The molecule has 0 aromatic heterocycles. The van der Waals surface area contributed by atoms with Gasteiger partial charge >= 0.3 is 0 Å². The van der Waals surface area contributed by atoms with Crippen LogP contribution in [0.2, 0.25) is 0 Å². The molecule has 2 rings (SSSR count). The second kappa shape index (κ2) is 6.32. The largest absolute Gasteiger partial charge is 0.394 e. The number of aliphatic hydroxyl groups excluding tert-OH is 1. The van der Waals surface area contributed by atoms with Crippen LogP contribution in [0.15, 0.2) is 30.3 Å². The van der Waals surface area contributed by atoms with Gasteiger partial charge in [-0.15, -0.1) is 0 Å². The van der Waals surface area contributed by atoms with E-state index in [1.807, 2.05) is 30.3 Å². The minimum absolute atomic E-state index is 0.0556. The van der Waals surface area contributed by atoms with Crippen LogP contribution in [0.5, 0.6) is 0 Å². The van der Waals surface area contributed by atoms with E-state index in [1.54, 1.807) is 0 Å². The van der Waals surface area contributed by atoms with Gasteiger partial charge in [0.1, 0.15) is 0 Å². The monoisotopic (exact) mass is 249 g/mol. The van der Waals surface area contributed by atoms with Crippen molar-refractivity contribution in [2.24, 2.45) is 0 Å². The third-order valence-corrected chi connectivity index (χ3v) is 3.85. The lowest BCUT2D eigenvalue weighted by molar-refractivity contribution is 0.00104. The van der Waals surface area contributed by atoms with Gasteiger partial charge in [-0.2, -0.15) is 0 Å². The van der Waals surface area contributed by atoms with E-state index in [0.29, 0.717) is 6.54 Å². The van der Waals surface area contributed by atoms with Crippen molar-refractivity contribution in [1.29, 1.82) is 0 Å². The van der Waals surface area contributed by atoms with Gasteiger partial charge in [0.05, 0.1) is 18.2 Å². The number of hydrogen-bond donors (Lipinski definition) is 3. The van der Waals surface area contributed by atoms with Crippen molar-refractivity contribution in [2.45, 2.75) is 43.7 Å². The van der Waals surface area contributed by atoms with Crippen LogP contribution in [-0.4, -0.2) is 29.0 Å². The highest BCUT2D eigenvalue weighted by atomic mass is 16.3. The Balaban J connectivity index is 1.91. The van der Waals surface area contributed by atoms with Crippen LogP contribution in [0.3, 0.4) is 0 Å². The molecular formula is C15H23NO2. The van der Waals surface area contributed by atoms with Crippen LogP contribution in [0.25, 0.3) is 0 Å². The lowest BCUT2D eigenvalue weighted by atomic mass is 9.84. The summed E-state index contributed by atoms with van der Waals surface area (Å²) in [5.41, 5.74) is 0.486. The molecular weight excluding hydrogens is 226 g/mol. The van der Waals surface area contributed by atoms with Crippen molar-refractivity contribution in [3.8, 4) is 0 Å². The minimum atomic E-state index is -0.583. The molecule has 3 N–H and O–H groups in total. The van der Waals surface area contributed by atoms with Crippen LogP contribution < -0.4 is 5.32 Å². The summed E-state index contributed by atoms with van der Waals surface area (Å²) in [6, 6.07) is 9.81. The number of aliphatic hydroxyl groups is 2. The molecule has 1 aliphatic rings. The number of benzene rings is 1. The molecule has 18 heavy (non-hydrogen) atoms. The van der Waals surface area contributed by atoms with Gasteiger partial charge in [-0.25, -0.2) is 0 Å². The summed E-state index contributed by atoms with van der Waals surface area (Å²) in [5, 5.41) is 23.2. The SMILES string of the molecule is OC[C@H](NCC1(O)CCCCC1)c1ccccc1. The molecule has 0 amide bonds. The maximum atomic E-state index is 10.4.